The molecule has 0 aliphatic carbocycles. The van der Waals surface area contributed by atoms with E-state index in [0.717, 1.165) is 11.8 Å². The molecule has 0 fully saturated rings. The van der Waals surface area contributed by atoms with Gasteiger partial charge in [0.15, 0.2) is 5.82 Å². The van der Waals surface area contributed by atoms with E-state index in [1.165, 1.54) is 12.3 Å². The van der Waals surface area contributed by atoms with Gasteiger partial charge >= 0.3 is 0 Å². The number of aromatic nitrogens is 1. The van der Waals surface area contributed by atoms with Crippen LogP contribution in [0.2, 0.25) is 0 Å². The summed E-state index contributed by atoms with van der Waals surface area (Å²) in [6, 6.07) is 10.5. The Hall–Kier alpha value is -2.27. The standard InChI is InChI=1S/C15H16FN3O/c16-12-10-18-9-8-14(12)19-15(20)13(17)7-6-11-4-2-1-3-5-11/h1-5,8-10,13H,6-7,17H2,(H,18,19,20). The first-order chi connectivity index (χ1) is 9.66. The predicted molar refractivity (Wildman–Crippen MR) is 75.6 cm³/mol. The van der Waals surface area contributed by atoms with Crippen LogP contribution in [-0.4, -0.2) is 16.9 Å². The molecule has 1 unspecified atom stereocenters. The summed E-state index contributed by atoms with van der Waals surface area (Å²) in [6.07, 6.45) is 3.66. The Morgan fingerprint density at radius 3 is 2.75 bits per heavy atom. The zero-order chi connectivity index (χ0) is 14.4. The van der Waals surface area contributed by atoms with Crippen LogP contribution in [0.15, 0.2) is 48.8 Å². The maximum absolute atomic E-state index is 13.3. The Kier molecular flexibility index (Phi) is 4.79. The zero-order valence-corrected chi connectivity index (χ0v) is 10.9. The molecule has 1 atom stereocenters. The molecule has 0 saturated heterocycles. The second-order valence-corrected chi connectivity index (χ2v) is 4.48. The monoisotopic (exact) mass is 273 g/mol. The van der Waals surface area contributed by atoms with E-state index in [0.29, 0.717) is 12.8 Å². The summed E-state index contributed by atoms with van der Waals surface area (Å²) >= 11 is 0. The number of benzene rings is 1. The molecule has 0 saturated carbocycles. The molecule has 104 valence electrons. The van der Waals surface area contributed by atoms with Gasteiger partial charge in [-0.05, 0) is 24.5 Å². The highest BCUT2D eigenvalue weighted by Crippen LogP contribution is 2.12. The largest absolute Gasteiger partial charge is 0.322 e. The highest BCUT2D eigenvalue weighted by atomic mass is 19.1. The van der Waals surface area contributed by atoms with Gasteiger partial charge in [0.05, 0.1) is 17.9 Å². The Balaban J connectivity index is 1.88. The van der Waals surface area contributed by atoms with Crippen LogP contribution >= 0.6 is 0 Å². The molecule has 1 heterocycles. The number of rotatable bonds is 5. The van der Waals surface area contributed by atoms with Gasteiger partial charge in [-0.15, -0.1) is 0 Å². The zero-order valence-electron chi connectivity index (χ0n) is 10.9. The molecule has 5 heteroatoms. The van der Waals surface area contributed by atoms with Gasteiger partial charge in [-0.1, -0.05) is 30.3 Å². The Morgan fingerprint density at radius 1 is 1.30 bits per heavy atom. The van der Waals surface area contributed by atoms with Gasteiger partial charge in [0.2, 0.25) is 5.91 Å². The second-order valence-electron chi connectivity index (χ2n) is 4.48. The molecule has 0 radical (unpaired) electrons. The van der Waals surface area contributed by atoms with Crippen LogP contribution in [0.25, 0.3) is 0 Å². The number of anilines is 1. The van der Waals surface area contributed by atoms with Crippen molar-refractivity contribution in [3.8, 4) is 0 Å². The third kappa shape index (κ3) is 3.86. The third-order valence-electron chi connectivity index (χ3n) is 2.95. The highest BCUT2D eigenvalue weighted by Gasteiger charge is 2.15. The van der Waals surface area contributed by atoms with Crippen molar-refractivity contribution in [2.45, 2.75) is 18.9 Å². The molecule has 2 rings (SSSR count). The number of pyridine rings is 1. The van der Waals surface area contributed by atoms with Crippen molar-refractivity contribution in [3.63, 3.8) is 0 Å². The number of amides is 1. The molecule has 0 bridgehead atoms. The summed E-state index contributed by atoms with van der Waals surface area (Å²) in [7, 11) is 0. The van der Waals surface area contributed by atoms with E-state index in [9.17, 15) is 9.18 Å². The summed E-state index contributed by atoms with van der Waals surface area (Å²) in [5, 5.41) is 2.47. The lowest BCUT2D eigenvalue weighted by Crippen LogP contribution is -2.36. The smallest absolute Gasteiger partial charge is 0.241 e. The van der Waals surface area contributed by atoms with Crippen LogP contribution in [0.1, 0.15) is 12.0 Å². The molecule has 1 aromatic carbocycles. The lowest BCUT2D eigenvalue weighted by atomic mass is 10.1. The lowest BCUT2D eigenvalue weighted by Gasteiger charge is -2.12. The summed E-state index contributed by atoms with van der Waals surface area (Å²) in [4.78, 5) is 15.5. The molecule has 20 heavy (non-hydrogen) atoms. The number of nitrogens with zero attached hydrogens (tertiary/aromatic N) is 1. The van der Waals surface area contributed by atoms with Crippen LogP contribution in [0.3, 0.4) is 0 Å². The minimum atomic E-state index is -0.678. The van der Waals surface area contributed by atoms with Crippen molar-refractivity contribution < 1.29 is 9.18 Å². The minimum Gasteiger partial charge on any atom is -0.322 e. The van der Waals surface area contributed by atoms with E-state index in [1.807, 2.05) is 30.3 Å². The fraction of sp³-hybridized carbons (Fsp3) is 0.200. The van der Waals surface area contributed by atoms with Gasteiger partial charge in [0.25, 0.3) is 0 Å². The lowest BCUT2D eigenvalue weighted by molar-refractivity contribution is -0.117. The molecule has 4 nitrogen and oxygen atoms in total. The third-order valence-corrected chi connectivity index (χ3v) is 2.95. The normalized spacial score (nSPS) is 11.9. The highest BCUT2D eigenvalue weighted by molar-refractivity contribution is 5.94. The van der Waals surface area contributed by atoms with Crippen LogP contribution in [0, 0.1) is 5.82 Å². The van der Waals surface area contributed by atoms with Crippen molar-refractivity contribution in [2.75, 3.05) is 5.32 Å². The molecule has 0 aliphatic rings. The number of halogens is 1. The van der Waals surface area contributed by atoms with E-state index in [4.69, 9.17) is 5.73 Å². The number of nitrogens with one attached hydrogen (secondary N) is 1. The van der Waals surface area contributed by atoms with Crippen LogP contribution in [0.5, 0.6) is 0 Å². The second kappa shape index (κ2) is 6.77. The van der Waals surface area contributed by atoms with Gasteiger partial charge in [-0.3, -0.25) is 9.78 Å². The minimum absolute atomic E-state index is 0.0974. The number of hydrogen-bond acceptors (Lipinski definition) is 3. The fourth-order valence-corrected chi connectivity index (χ4v) is 1.80. The quantitative estimate of drug-likeness (QED) is 0.876. The Bertz CT molecular complexity index is 574. The topological polar surface area (TPSA) is 68.0 Å². The van der Waals surface area contributed by atoms with Crippen molar-refractivity contribution in [2.24, 2.45) is 5.73 Å². The number of hydrogen-bond donors (Lipinski definition) is 2. The van der Waals surface area contributed by atoms with E-state index < -0.39 is 17.8 Å². The van der Waals surface area contributed by atoms with E-state index in [1.54, 1.807) is 0 Å². The summed E-state index contributed by atoms with van der Waals surface area (Å²) in [6.45, 7) is 0. The van der Waals surface area contributed by atoms with E-state index in [-0.39, 0.29) is 5.69 Å². The molecule has 2 aromatic rings. The first-order valence-electron chi connectivity index (χ1n) is 6.36. The van der Waals surface area contributed by atoms with Crippen LogP contribution in [-0.2, 0) is 11.2 Å². The molecular weight excluding hydrogens is 257 g/mol. The van der Waals surface area contributed by atoms with Gasteiger partial charge in [-0.25, -0.2) is 4.39 Å². The van der Waals surface area contributed by atoms with Crippen molar-refractivity contribution >= 4 is 11.6 Å². The van der Waals surface area contributed by atoms with Gasteiger partial charge < -0.3 is 11.1 Å². The average molecular weight is 273 g/mol. The van der Waals surface area contributed by atoms with E-state index in [2.05, 4.69) is 10.3 Å². The summed E-state index contributed by atoms with van der Waals surface area (Å²) < 4.78 is 13.3. The van der Waals surface area contributed by atoms with Crippen LogP contribution in [0.4, 0.5) is 10.1 Å². The number of carbonyl (C=O) groups excluding carboxylic acids is 1. The first kappa shape index (κ1) is 14.1. The summed E-state index contributed by atoms with van der Waals surface area (Å²) in [5.41, 5.74) is 7.03. The number of nitrogens with two attached hydrogens (primary N) is 1. The Morgan fingerprint density at radius 2 is 2.05 bits per heavy atom. The average Bonchev–Trinajstić information content (AvgIpc) is 2.48. The maximum Gasteiger partial charge on any atom is 0.241 e. The predicted octanol–water partition coefficient (Wildman–Crippen LogP) is 2.12. The number of aryl methyl sites for hydroxylation is 1. The number of carbonyl (C=O) groups is 1. The van der Waals surface area contributed by atoms with Crippen LogP contribution < -0.4 is 11.1 Å². The first-order valence-corrected chi connectivity index (χ1v) is 6.36. The van der Waals surface area contributed by atoms with Crippen molar-refractivity contribution in [1.29, 1.82) is 0 Å². The molecule has 0 aliphatic heterocycles. The van der Waals surface area contributed by atoms with Gasteiger partial charge in [-0.2, -0.15) is 0 Å². The van der Waals surface area contributed by atoms with Crippen molar-refractivity contribution in [3.05, 3.63) is 60.2 Å². The SMILES string of the molecule is NC(CCc1ccccc1)C(=O)Nc1ccncc1F. The maximum atomic E-state index is 13.3. The molecule has 0 spiro atoms. The van der Waals surface area contributed by atoms with Gasteiger partial charge in [0.1, 0.15) is 0 Å². The molecule has 1 aromatic heterocycles. The summed E-state index contributed by atoms with van der Waals surface area (Å²) in [5.74, 6) is -0.970. The molecule has 1 amide bonds. The molecular formula is C15H16FN3O. The fourth-order valence-electron chi connectivity index (χ4n) is 1.80. The van der Waals surface area contributed by atoms with Gasteiger partial charge in [0, 0.05) is 6.20 Å². The van der Waals surface area contributed by atoms with E-state index >= 15 is 0 Å². The molecule has 3 N–H and O–H groups in total. The van der Waals surface area contributed by atoms with Crippen molar-refractivity contribution in [1.82, 2.24) is 4.98 Å². The Labute approximate surface area is 116 Å².